The smallest absolute Gasteiger partial charge is 0.138 e. The number of halogens is 3. The van der Waals surface area contributed by atoms with Crippen LogP contribution in [0.15, 0.2) is 39.5 Å². The van der Waals surface area contributed by atoms with Gasteiger partial charge in [0.25, 0.3) is 0 Å². The molecule has 1 unspecified atom stereocenters. The lowest BCUT2D eigenvalue weighted by atomic mass is 9.99. The number of methoxy groups -OCH3 is 1. The van der Waals surface area contributed by atoms with Crippen LogP contribution in [0.25, 0.3) is 0 Å². The van der Waals surface area contributed by atoms with Crippen molar-refractivity contribution in [3.8, 4) is 5.75 Å². The van der Waals surface area contributed by atoms with E-state index in [0.717, 1.165) is 25.8 Å². The van der Waals surface area contributed by atoms with Crippen LogP contribution in [0.5, 0.6) is 5.75 Å². The third-order valence-electron chi connectivity index (χ3n) is 2.90. The van der Waals surface area contributed by atoms with Crippen molar-refractivity contribution in [2.45, 2.75) is 6.04 Å². The lowest BCUT2D eigenvalue weighted by molar-refractivity contribution is 0.402. The molecule has 1 atom stereocenters. The van der Waals surface area contributed by atoms with Gasteiger partial charge in [-0.1, -0.05) is 11.6 Å². The van der Waals surface area contributed by atoms with Crippen LogP contribution in [0.1, 0.15) is 17.2 Å². The van der Waals surface area contributed by atoms with Crippen LogP contribution in [-0.4, -0.2) is 19.1 Å². The van der Waals surface area contributed by atoms with Gasteiger partial charge in [-0.15, -0.1) is 0 Å². The first-order chi connectivity index (χ1) is 9.56. The Balaban J connectivity index is 2.57. The summed E-state index contributed by atoms with van der Waals surface area (Å²) in [5.41, 5.74) is 1.98. The molecule has 0 saturated carbocycles. The van der Waals surface area contributed by atoms with Crippen LogP contribution in [0, 0.1) is 0 Å². The maximum absolute atomic E-state index is 6.16. The molecule has 1 heterocycles. The third kappa shape index (κ3) is 3.34. The summed E-state index contributed by atoms with van der Waals surface area (Å²) in [4.78, 5) is 4.21. The summed E-state index contributed by atoms with van der Waals surface area (Å²) in [6, 6.07) is 5.66. The molecule has 0 radical (unpaired) electrons. The van der Waals surface area contributed by atoms with Crippen LogP contribution in [-0.2, 0) is 0 Å². The molecule has 0 spiro atoms. The molecule has 0 amide bonds. The molecule has 1 aromatic heterocycles. The maximum atomic E-state index is 6.16. The van der Waals surface area contributed by atoms with Crippen molar-refractivity contribution in [1.29, 1.82) is 0 Å². The minimum Gasteiger partial charge on any atom is -0.495 e. The van der Waals surface area contributed by atoms with Gasteiger partial charge in [-0.2, -0.15) is 0 Å². The van der Waals surface area contributed by atoms with Crippen LogP contribution >= 0.6 is 43.5 Å². The molecule has 2 aromatic rings. The van der Waals surface area contributed by atoms with E-state index in [9.17, 15) is 0 Å². The number of pyridine rings is 1. The molecular formula is C14H13Br2ClN2O. The van der Waals surface area contributed by atoms with Gasteiger partial charge in [0.15, 0.2) is 0 Å². The van der Waals surface area contributed by atoms with Crippen LogP contribution in [0.2, 0.25) is 5.02 Å². The highest BCUT2D eigenvalue weighted by molar-refractivity contribution is 9.10. The number of aromatic nitrogens is 1. The lowest BCUT2D eigenvalue weighted by Gasteiger charge is -2.21. The summed E-state index contributed by atoms with van der Waals surface area (Å²) >= 11 is 13.1. The molecule has 3 nitrogen and oxygen atoms in total. The minimum atomic E-state index is -0.0649. The summed E-state index contributed by atoms with van der Waals surface area (Å²) < 4.78 is 7.24. The Morgan fingerprint density at radius 2 is 2.00 bits per heavy atom. The molecular weight excluding hydrogens is 407 g/mol. The number of rotatable bonds is 4. The fourth-order valence-corrected chi connectivity index (χ4v) is 3.48. The number of nitrogens with zero attached hydrogens (tertiary/aromatic N) is 1. The van der Waals surface area contributed by atoms with E-state index in [2.05, 4.69) is 42.2 Å². The van der Waals surface area contributed by atoms with Crippen molar-refractivity contribution in [2.24, 2.45) is 0 Å². The zero-order valence-corrected chi connectivity index (χ0v) is 14.9. The Bertz CT molecular complexity index is 622. The van der Waals surface area contributed by atoms with Crippen LogP contribution in [0.3, 0.4) is 0 Å². The fourth-order valence-electron chi connectivity index (χ4n) is 2.10. The summed E-state index contributed by atoms with van der Waals surface area (Å²) in [5.74, 6) is 0.758. The molecule has 6 heteroatoms. The van der Waals surface area contributed by atoms with Gasteiger partial charge in [0.05, 0.1) is 17.6 Å². The first-order valence-corrected chi connectivity index (χ1v) is 7.84. The van der Waals surface area contributed by atoms with Crippen molar-refractivity contribution in [3.63, 3.8) is 0 Å². The number of benzene rings is 1. The fraction of sp³-hybridized carbons (Fsp3) is 0.214. The zero-order valence-electron chi connectivity index (χ0n) is 11.0. The van der Waals surface area contributed by atoms with Crippen molar-refractivity contribution in [2.75, 3.05) is 14.2 Å². The molecule has 0 aliphatic heterocycles. The second-order valence-corrected chi connectivity index (χ2v) is 6.37. The van der Waals surface area contributed by atoms with Crippen molar-refractivity contribution in [1.82, 2.24) is 10.3 Å². The third-order valence-corrected chi connectivity index (χ3v) is 4.14. The Hall–Kier alpha value is -0.620. The summed E-state index contributed by atoms with van der Waals surface area (Å²) in [7, 11) is 3.53. The van der Waals surface area contributed by atoms with E-state index in [1.807, 2.05) is 31.4 Å². The second kappa shape index (κ2) is 6.89. The quantitative estimate of drug-likeness (QED) is 0.786. The first kappa shape index (κ1) is 15.8. The molecule has 0 saturated heterocycles. The second-order valence-electron chi connectivity index (χ2n) is 4.17. The van der Waals surface area contributed by atoms with Crippen LogP contribution < -0.4 is 10.1 Å². The Labute approximate surface area is 140 Å². The van der Waals surface area contributed by atoms with E-state index in [0.29, 0.717) is 5.02 Å². The Kier molecular flexibility index (Phi) is 5.43. The maximum Gasteiger partial charge on any atom is 0.138 e. The Morgan fingerprint density at radius 1 is 1.25 bits per heavy atom. The van der Waals surface area contributed by atoms with Gasteiger partial charge < -0.3 is 10.1 Å². The largest absolute Gasteiger partial charge is 0.495 e. The zero-order chi connectivity index (χ0) is 14.7. The van der Waals surface area contributed by atoms with Crippen LogP contribution in [0.4, 0.5) is 0 Å². The first-order valence-electron chi connectivity index (χ1n) is 5.87. The molecule has 1 N–H and O–H groups in total. The SMILES string of the molecule is CNC(c1cncc(Br)c1)c1cc(Cl)cc(Br)c1OC. The van der Waals surface area contributed by atoms with Crippen molar-refractivity contribution < 1.29 is 4.74 Å². The van der Waals surface area contributed by atoms with E-state index in [-0.39, 0.29) is 6.04 Å². The van der Waals surface area contributed by atoms with Gasteiger partial charge >= 0.3 is 0 Å². The molecule has 0 fully saturated rings. The summed E-state index contributed by atoms with van der Waals surface area (Å²) in [5, 5.41) is 3.92. The monoisotopic (exact) mass is 418 g/mol. The molecule has 20 heavy (non-hydrogen) atoms. The van der Waals surface area contributed by atoms with Gasteiger partial charge in [-0.05, 0) is 62.7 Å². The van der Waals surface area contributed by atoms with Gasteiger partial charge in [-0.3, -0.25) is 4.98 Å². The number of hydrogen-bond acceptors (Lipinski definition) is 3. The highest BCUT2D eigenvalue weighted by Crippen LogP contribution is 2.38. The van der Waals surface area contributed by atoms with E-state index in [4.69, 9.17) is 16.3 Å². The van der Waals surface area contributed by atoms with Gasteiger partial charge in [-0.25, -0.2) is 0 Å². The highest BCUT2D eigenvalue weighted by Gasteiger charge is 2.20. The average molecular weight is 421 g/mol. The highest BCUT2D eigenvalue weighted by atomic mass is 79.9. The molecule has 1 aromatic carbocycles. The van der Waals surface area contributed by atoms with Crippen molar-refractivity contribution in [3.05, 3.63) is 55.7 Å². The topological polar surface area (TPSA) is 34.2 Å². The lowest BCUT2D eigenvalue weighted by Crippen LogP contribution is -2.19. The minimum absolute atomic E-state index is 0.0649. The van der Waals surface area contributed by atoms with E-state index >= 15 is 0 Å². The van der Waals surface area contributed by atoms with E-state index < -0.39 is 0 Å². The predicted octanol–water partition coefficient (Wildman–Crippen LogP) is 4.58. The van der Waals surface area contributed by atoms with Gasteiger partial charge in [0.1, 0.15) is 5.75 Å². The van der Waals surface area contributed by atoms with E-state index in [1.165, 1.54) is 0 Å². The average Bonchev–Trinajstić information content (AvgIpc) is 2.39. The molecule has 0 aliphatic rings. The number of hydrogen-bond donors (Lipinski definition) is 1. The molecule has 0 aliphatic carbocycles. The van der Waals surface area contributed by atoms with E-state index in [1.54, 1.807) is 13.3 Å². The van der Waals surface area contributed by atoms with Gasteiger partial charge in [0.2, 0.25) is 0 Å². The molecule has 0 bridgehead atoms. The number of nitrogens with one attached hydrogen (secondary N) is 1. The summed E-state index contributed by atoms with van der Waals surface area (Å²) in [6.45, 7) is 0. The predicted molar refractivity (Wildman–Crippen MR) is 88.5 cm³/mol. The van der Waals surface area contributed by atoms with Gasteiger partial charge in [0, 0.05) is 27.5 Å². The van der Waals surface area contributed by atoms with Crippen molar-refractivity contribution >= 4 is 43.5 Å². The summed E-state index contributed by atoms with van der Waals surface area (Å²) in [6.07, 6.45) is 3.57. The molecule has 2 rings (SSSR count). The number of ether oxygens (including phenoxy) is 1. The normalized spacial score (nSPS) is 12.2. The Morgan fingerprint density at radius 3 is 2.60 bits per heavy atom. The standard InChI is InChI=1S/C14H13Br2ClN2O/c1-18-13(8-3-9(15)7-19-6-8)11-4-10(17)5-12(16)14(11)20-2/h3-7,13,18H,1-2H3. The molecule has 106 valence electrons.